The lowest BCUT2D eigenvalue weighted by Crippen LogP contribution is -2.27. The van der Waals surface area contributed by atoms with Crippen LogP contribution in [0.15, 0.2) is 51.8 Å². The standard InChI is InChI=1S/C20H19NO6S/c1-11-17-10-16(7-8-18(17)27-19(11)20(23)24)28(25,26)21-12(2)14-5-4-6-15(9-14)13(3)22/h4-10,12,21H,1-3H3,(H,23,24). The normalized spacial score (nSPS) is 12.8. The summed E-state index contributed by atoms with van der Waals surface area (Å²) in [5, 5.41) is 9.58. The topological polar surface area (TPSA) is 114 Å². The lowest BCUT2D eigenvalue weighted by atomic mass is 10.0. The van der Waals surface area contributed by atoms with Crippen LogP contribution < -0.4 is 4.72 Å². The molecule has 146 valence electrons. The van der Waals surface area contributed by atoms with Gasteiger partial charge in [-0.05, 0) is 50.6 Å². The van der Waals surface area contributed by atoms with Crippen LogP contribution in [-0.2, 0) is 10.0 Å². The molecule has 0 aliphatic rings. The van der Waals surface area contributed by atoms with E-state index in [2.05, 4.69) is 4.72 Å². The van der Waals surface area contributed by atoms with E-state index in [1.54, 1.807) is 38.1 Å². The quantitative estimate of drug-likeness (QED) is 0.609. The number of aryl methyl sites for hydroxylation is 1. The first-order valence-electron chi connectivity index (χ1n) is 8.50. The van der Waals surface area contributed by atoms with E-state index in [1.807, 2.05) is 0 Å². The smallest absolute Gasteiger partial charge is 0.372 e. The summed E-state index contributed by atoms with van der Waals surface area (Å²) in [6, 6.07) is 10.4. The summed E-state index contributed by atoms with van der Waals surface area (Å²) in [4.78, 5) is 22.7. The molecule has 2 aromatic carbocycles. The van der Waals surface area contributed by atoms with E-state index in [9.17, 15) is 18.0 Å². The molecule has 0 amide bonds. The zero-order valence-electron chi connectivity index (χ0n) is 15.5. The van der Waals surface area contributed by atoms with Gasteiger partial charge in [-0.1, -0.05) is 18.2 Å². The summed E-state index contributed by atoms with van der Waals surface area (Å²) in [5.41, 5.74) is 1.82. The number of carbonyl (C=O) groups excluding carboxylic acids is 1. The Labute approximate surface area is 162 Å². The molecule has 1 atom stereocenters. The van der Waals surface area contributed by atoms with E-state index < -0.39 is 22.0 Å². The number of aromatic carboxylic acids is 1. The van der Waals surface area contributed by atoms with Gasteiger partial charge in [0.1, 0.15) is 5.58 Å². The molecule has 0 aliphatic heterocycles. The molecule has 0 aliphatic carbocycles. The predicted octanol–water partition coefficient (Wildman–Crippen LogP) is 3.68. The maximum atomic E-state index is 12.8. The maximum Gasteiger partial charge on any atom is 0.372 e. The maximum absolute atomic E-state index is 12.8. The molecule has 0 saturated carbocycles. The molecule has 3 aromatic rings. The minimum atomic E-state index is -3.88. The fourth-order valence-electron chi connectivity index (χ4n) is 2.97. The summed E-state index contributed by atoms with van der Waals surface area (Å²) in [7, 11) is -3.88. The van der Waals surface area contributed by atoms with Gasteiger partial charge in [-0.25, -0.2) is 17.9 Å². The number of nitrogens with one attached hydrogen (secondary N) is 1. The van der Waals surface area contributed by atoms with E-state index >= 15 is 0 Å². The SMILES string of the molecule is CC(=O)c1cccc(C(C)NS(=O)(=O)c2ccc3oc(C(=O)O)c(C)c3c2)c1. The molecule has 0 bridgehead atoms. The molecule has 0 radical (unpaired) electrons. The second-order valence-corrected chi connectivity index (χ2v) is 8.26. The van der Waals surface area contributed by atoms with Crippen LogP contribution in [0.3, 0.4) is 0 Å². The average molecular weight is 401 g/mol. The molecule has 28 heavy (non-hydrogen) atoms. The van der Waals surface area contributed by atoms with Crippen molar-refractivity contribution in [3.8, 4) is 0 Å². The van der Waals surface area contributed by atoms with Crippen LogP contribution in [0.1, 0.15) is 51.9 Å². The van der Waals surface area contributed by atoms with Crippen molar-refractivity contribution in [3.05, 3.63) is 64.9 Å². The van der Waals surface area contributed by atoms with Gasteiger partial charge in [0, 0.05) is 22.6 Å². The van der Waals surface area contributed by atoms with Crippen molar-refractivity contribution in [3.63, 3.8) is 0 Å². The van der Waals surface area contributed by atoms with Crippen molar-refractivity contribution in [2.75, 3.05) is 0 Å². The number of rotatable bonds is 6. The van der Waals surface area contributed by atoms with Gasteiger partial charge in [0.15, 0.2) is 5.78 Å². The number of hydrogen-bond acceptors (Lipinski definition) is 5. The van der Waals surface area contributed by atoms with Gasteiger partial charge in [-0.15, -0.1) is 0 Å². The Morgan fingerprint density at radius 2 is 1.86 bits per heavy atom. The molecule has 1 unspecified atom stereocenters. The molecule has 0 saturated heterocycles. The highest BCUT2D eigenvalue weighted by Crippen LogP contribution is 2.28. The second kappa shape index (κ2) is 7.21. The average Bonchev–Trinajstić information content (AvgIpc) is 2.98. The number of carboxylic acids is 1. The zero-order chi connectivity index (χ0) is 20.6. The minimum absolute atomic E-state index is 0.00425. The number of benzene rings is 2. The lowest BCUT2D eigenvalue weighted by Gasteiger charge is -2.15. The van der Waals surface area contributed by atoms with E-state index in [4.69, 9.17) is 9.52 Å². The third kappa shape index (κ3) is 3.69. The Morgan fingerprint density at radius 3 is 2.50 bits per heavy atom. The predicted molar refractivity (Wildman–Crippen MR) is 103 cm³/mol. The van der Waals surface area contributed by atoms with E-state index in [0.717, 1.165) is 0 Å². The molecule has 7 nitrogen and oxygen atoms in total. The Balaban J connectivity index is 1.94. The molecule has 2 N–H and O–H groups in total. The highest BCUT2D eigenvalue weighted by Gasteiger charge is 2.22. The number of ketones is 1. The lowest BCUT2D eigenvalue weighted by molar-refractivity contribution is 0.0663. The fraction of sp³-hybridized carbons (Fsp3) is 0.200. The highest BCUT2D eigenvalue weighted by atomic mass is 32.2. The first-order chi connectivity index (χ1) is 13.1. The monoisotopic (exact) mass is 401 g/mol. The van der Waals surface area contributed by atoms with Crippen molar-refractivity contribution < 1.29 is 27.5 Å². The van der Waals surface area contributed by atoms with Gasteiger partial charge in [0.05, 0.1) is 4.90 Å². The summed E-state index contributed by atoms with van der Waals surface area (Å²) >= 11 is 0. The molecule has 8 heteroatoms. The minimum Gasteiger partial charge on any atom is -0.475 e. The van der Waals surface area contributed by atoms with E-state index in [-0.39, 0.29) is 16.4 Å². The van der Waals surface area contributed by atoms with Gasteiger partial charge >= 0.3 is 5.97 Å². The van der Waals surface area contributed by atoms with Gasteiger partial charge in [-0.3, -0.25) is 4.79 Å². The number of fused-ring (bicyclic) bond motifs is 1. The third-order valence-corrected chi connectivity index (χ3v) is 6.08. The van der Waals surface area contributed by atoms with Crippen LogP contribution in [0.25, 0.3) is 11.0 Å². The molecule has 1 heterocycles. The molecular weight excluding hydrogens is 382 g/mol. The Kier molecular flexibility index (Phi) is 5.10. The Morgan fingerprint density at radius 1 is 1.14 bits per heavy atom. The number of carboxylic acid groups (broad SMARTS) is 1. The number of sulfonamides is 1. The zero-order valence-corrected chi connectivity index (χ0v) is 16.3. The summed E-state index contributed by atoms with van der Waals surface area (Å²) < 4.78 is 33.5. The number of carbonyl (C=O) groups is 2. The van der Waals surface area contributed by atoms with Crippen LogP contribution in [0, 0.1) is 6.92 Å². The van der Waals surface area contributed by atoms with Crippen molar-refractivity contribution in [2.24, 2.45) is 0 Å². The van der Waals surface area contributed by atoms with Crippen molar-refractivity contribution in [2.45, 2.75) is 31.7 Å². The van der Waals surface area contributed by atoms with E-state index in [0.29, 0.717) is 27.7 Å². The van der Waals surface area contributed by atoms with Gasteiger partial charge in [0.25, 0.3) is 0 Å². The van der Waals surface area contributed by atoms with Crippen LogP contribution in [0.2, 0.25) is 0 Å². The number of Topliss-reactive ketones (excluding diaryl/α,β-unsaturated/α-hetero) is 1. The first-order valence-corrected chi connectivity index (χ1v) is 9.98. The Bertz CT molecular complexity index is 1190. The summed E-state index contributed by atoms with van der Waals surface area (Å²) in [6.07, 6.45) is 0. The Hall–Kier alpha value is -2.97. The van der Waals surface area contributed by atoms with Gasteiger partial charge in [0.2, 0.25) is 15.8 Å². The van der Waals surface area contributed by atoms with Gasteiger partial charge < -0.3 is 9.52 Å². The molecular formula is C20H19NO6S. The third-order valence-electron chi connectivity index (χ3n) is 4.54. The summed E-state index contributed by atoms with van der Waals surface area (Å²) in [5.74, 6) is -1.53. The number of hydrogen-bond donors (Lipinski definition) is 2. The molecule has 0 fully saturated rings. The van der Waals surface area contributed by atoms with Gasteiger partial charge in [-0.2, -0.15) is 0 Å². The van der Waals surface area contributed by atoms with Crippen molar-refractivity contribution >= 4 is 32.7 Å². The molecule has 3 rings (SSSR count). The summed E-state index contributed by atoms with van der Waals surface area (Å²) in [6.45, 7) is 4.69. The van der Waals surface area contributed by atoms with Crippen LogP contribution in [0.5, 0.6) is 0 Å². The highest BCUT2D eigenvalue weighted by molar-refractivity contribution is 7.89. The van der Waals surface area contributed by atoms with E-state index in [1.165, 1.54) is 25.1 Å². The molecule has 0 spiro atoms. The number of furan rings is 1. The second-order valence-electron chi connectivity index (χ2n) is 6.54. The first kappa shape index (κ1) is 19.8. The fourth-order valence-corrected chi connectivity index (χ4v) is 4.22. The van der Waals surface area contributed by atoms with Crippen molar-refractivity contribution in [1.82, 2.24) is 4.72 Å². The van der Waals surface area contributed by atoms with Crippen LogP contribution >= 0.6 is 0 Å². The van der Waals surface area contributed by atoms with Crippen molar-refractivity contribution in [1.29, 1.82) is 0 Å². The molecule has 1 aromatic heterocycles. The van der Waals surface area contributed by atoms with Crippen LogP contribution in [-0.4, -0.2) is 25.3 Å². The van der Waals surface area contributed by atoms with Crippen LogP contribution in [0.4, 0.5) is 0 Å². The largest absolute Gasteiger partial charge is 0.475 e.